The first-order chi connectivity index (χ1) is 11.7. The van der Waals surface area contributed by atoms with Gasteiger partial charge < -0.3 is 10.6 Å². The highest BCUT2D eigenvalue weighted by Gasteiger charge is 2.47. The van der Waals surface area contributed by atoms with Crippen molar-refractivity contribution in [3.8, 4) is 0 Å². The molecule has 1 heterocycles. The number of nitrogens with one attached hydrogen (secondary N) is 2. The van der Waals surface area contributed by atoms with E-state index in [4.69, 9.17) is 23.2 Å². The molecule has 1 saturated heterocycles. The number of rotatable bonds is 5. The minimum atomic E-state index is -0.574. The highest BCUT2D eigenvalue weighted by Crippen LogP contribution is 2.37. The lowest BCUT2D eigenvalue weighted by atomic mass is 9.81. The van der Waals surface area contributed by atoms with E-state index >= 15 is 0 Å². The van der Waals surface area contributed by atoms with Crippen molar-refractivity contribution in [2.45, 2.75) is 19.4 Å². The summed E-state index contributed by atoms with van der Waals surface area (Å²) in [5.41, 5.74) is 0.0415. The van der Waals surface area contributed by atoms with Crippen LogP contribution in [0.5, 0.6) is 0 Å². The lowest BCUT2D eigenvalue weighted by molar-refractivity contribution is -0.122. The zero-order chi connectivity index (χ0) is 18.6. The first-order valence-corrected chi connectivity index (χ1v) is 8.66. The molecule has 1 aliphatic rings. The fraction of sp³-hybridized carbons (Fsp3) is 0.316. The third-order valence-corrected chi connectivity index (χ3v) is 4.58. The van der Waals surface area contributed by atoms with E-state index in [-0.39, 0.29) is 11.7 Å². The lowest BCUT2D eigenvalue weighted by Crippen LogP contribution is -2.44. The third kappa shape index (κ3) is 5.18. The summed E-state index contributed by atoms with van der Waals surface area (Å²) >= 11 is 11.6. The van der Waals surface area contributed by atoms with Gasteiger partial charge in [-0.15, -0.1) is 0 Å². The van der Waals surface area contributed by atoms with Gasteiger partial charge in [0.25, 0.3) is 0 Å². The average molecular weight is 383 g/mol. The van der Waals surface area contributed by atoms with Crippen LogP contribution in [0, 0.1) is 11.8 Å². The molecule has 3 nitrogen and oxygen atoms in total. The Morgan fingerprint density at radius 2 is 2.20 bits per heavy atom. The number of carbonyl (C=O) groups is 1. The number of allylic oxidation sites excluding steroid dienone is 4. The van der Waals surface area contributed by atoms with Crippen LogP contribution in [0.3, 0.4) is 0 Å². The largest absolute Gasteiger partial charge is 0.326 e. The molecule has 6 heteroatoms. The molecule has 0 aliphatic carbocycles. The van der Waals surface area contributed by atoms with Gasteiger partial charge in [0, 0.05) is 33.7 Å². The van der Waals surface area contributed by atoms with Crippen molar-refractivity contribution in [3.05, 3.63) is 65.0 Å². The van der Waals surface area contributed by atoms with Gasteiger partial charge in [0.2, 0.25) is 5.91 Å². The molecule has 0 bridgehead atoms. The van der Waals surface area contributed by atoms with Crippen LogP contribution in [-0.2, 0) is 4.79 Å². The van der Waals surface area contributed by atoms with Crippen molar-refractivity contribution in [1.82, 2.24) is 5.32 Å². The normalized spacial score (nSPS) is 23.0. The van der Waals surface area contributed by atoms with Gasteiger partial charge in [-0.05, 0) is 44.2 Å². The maximum atomic E-state index is 14.6. The molecule has 1 aliphatic heterocycles. The number of hydrogen-bond acceptors (Lipinski definition) is 2. The molecular formula is C19H21Cl2FN2O. The second kappa shape index (κ2) is 8.17. The molecule has 1 amide bonds. The molecule has 0 radical (unpaired) electrons. The van der Waals surface area contributed by atoms with Gasteiger partial charge in [-0.1, -0.05) is 41.9 Å². The Morgan fingerprint density at radius 3 is 2.84 bits per heavy atom. The van der Waals surface area contributed by atoms with E-state index in [2.05, 4.69) is 17.2 Å². The number of benzene rings is 1. The molecular weight excluding hydrogens is 362 g/mol. The van der Waals surface area contributed by atoms with Crippen molar-refractivity contribution < 1.29 is 9.18 Å². The molecule has 2 rings (SSSR count). The maximum absolute atomic E-state index is 14.6. The zero-order valence-corrected chi connectivity index (χ0v) is 15.7. The van der Waals surface area contributed by atoms with Gasteiger partial charge in [0.05, 0.1) is 5.92 Å². The fourth-order valence-corrected chi connectivity index (χ4v) is 3.29. The predicted molar refractivity (Wildman–Crippen MR) is 102 cm³/mol. The molecule has 1 aromatic carbocycles. The van der Waals surface area contributed by atoms with Crippen LogP contribution in [0.25, 0.3) is 0 Å². The topological polar surface area (TPSA) is 41.1 Å². The van der Waals surface area contributed by atoms with Crippen molar-refractivity contribution >= 4 is 34.8 Å². The third-order valence-electron chi connectivity index (χ3n) is 4.22. The zero-order valence-electron chi connectivity index (χ0n) is 14.2. The first-order valence-electron chi connectivity index (χ1n) is 7.90. The Kier molecular flexibility index (Phi) is 6.44. The van der Waals surface area contributed by atoms with Gasteiger partial charge in [-0.3, -0.25) is 4.79 Å². The highest BCUT2D eigenvalue weighted by atomic mass is 35.5. The molecule has 134 valence electrons. The fourth-order valence-electron chi connectivity index (χ4n) is 3.03. The number of anilines is 1. The molecule has 25 heavy (non-hydrogen) atoms. The van der Waals surface area contributed by atoms with Gasteiger partial charge in [-0.25, -0.2) is 4.39 Å². The van der Waals surface area contributed by atoms with Crippen LogP contribution in [0.15, 0.2) is 59.9 Å². The standard InChI is InChI=1S/C19H21Cl2FN2O/c1-12(20)6-4-9-16(22)15-11-23-19(2,3)17(15)18(25)24-14-8-5-7-13(21)10-14/h4-10,15,17,23H,1,11H2,2-3H3,(H,24,25)/b6-4-,16-9-. The van der Waals surface area contributed by atoms with Crippen molar-refractivity contribution in [3.63, 3.8) is 0 Å². The molecule has 0 aromatic heterocycles. The van der Waals surface area contributed by atoms with Crippen molar-refractivity contribution in [2.24, 2.45) is 11.8 Å². The van der Waals surface area contributed by atoms with Crippen LogP contribution >= 0.6 is 23.2 Å². The number of halogens is 3. The summed E-state index contributed by atoms with van der Waals surface area (Å²) in [4.78, 5) is 12.8. The molecule has 2 atom stereocenters. The average Bonchev–Trinajstić information content (AvgIpc) is 2.82. The molecule has 0 spiro atoms. The summed E-state index contributed by atoms with van der Waals surface area (Å²) in [6.07, 6.45) is 4.30. The Bertz CT molecular complexity index is 728. The Balaban J connectivity index is 2.21. The summed E-state index contributed by atoms with van der Waals surface area (Å²) in [6.45, 7) is 7.66. The minimum absolute atomic E-state index is 0.253. The van der Waals surface area contributed by atoms with Gasteiger partial charge in [0.15, 0.2) is 0 Å². The predicted octanol–water partition coefficient (Wildman–Crippen LogP) is 5.05. The summed E-state index contributed by atoms with van der Waals surface area (Å²) in [5, 5.41) is 6.88. The smallest absolute Gasteiger partial charge is 0.230 e. The number of carbonyl (C=O) groups excluding carboxylic acids is 1. The Labute approximate surface area is 157 Å². The van der Waals surface area contributed by atoms with E-state index in [1.807, 2.05) is 13.8 Å². The summed E-state index contributed by atoms with van der Waals surface area (Å²) < 4.78 is 14.6. The molecule has 0 saturated carbocycles. The first kappa shape index (κ1) is 19.7. The highest BCUT2D eigenvalue weighted by molar-refractivity contribution is 6.31. The Morgan fingerprint density at radius 1 is 1.48 bits per heavy atom. The van der Waals surface area contributed by atoms with E-state index in [0.717, 1.165) is 0 Å². The van der Waals surface area contributed by atoms with E-state index in [0.29, 0.717) is 22.3 Å². The molecule has 2 N–H and O–H groups in total. The monoisotopic (exact) mass is 382 g/mol. The summed E-state index contributed by atoms with van der Waals surface area (Å²) in [7, 11) is 0. The van der Waals surface area contributed by atoms with E-state index in [1.54, 1.807) is 24.3 Å². The summed E-state index contributed by atoms with van der Waals surface area (Å²) in [5.74, 6) is -1.77. The number of hydrogen-bond donors (Lipinski definition) is 2. The van der Waals surface area contributed by atoms with E-state index in [1.165, 1.54) is 18.2 Å². The van der Waals surface area contributed by atoms with Crippen LogP contribution < -0.4 is 10.6 Å². The van der Waals surface area contributed by atoms with E-state index in [9.17, 15) is 9.18 Å². The lowest BCUT2D eigenvalue weighted by Gasteiger charge is -2.28. The minimum Gasteiger partial charge on any atom is -0.326 e. The van der Waals surface area contributed by atoms with Gasteiger partial charge >= 0.3 is 0 Å². The second-order valence-electron chi connectivity index (χ2n) is 6.54. The summed E-state index contributed by atoms with van der Waals surface area (Å²) in [6, 6.07) is 6.87. The number of amides is 1. The van der Waals surface area contributed by atoms with Crippen LogP contribution in [-0.4, -0.2) is 18.0 Å². The van der Waals surface area contributed by atoms with Crippen molar-refractivity contribution in [1.29, 1.82) is 0 Å². The van der Waals surface area contributed by atoms with Crippen molar-refractivity contribution in [2.75, 3.05) is 11.9 Å². The van der Waals surface area contributed by atoms with Crippen LogP contribution in [0.2, 0.25) is 5.02 Å². The van der Waals surface area contributed by atoms with Gasteiger partial charge in [-0.2, -0.15) is 0 Å². The van der Waals surface area contributed by atoms with Crippen LogP contribution in [0.1, 0.15) is 13.8 Å². The molecule has 1 fully saturated rings. The maximum Gasteiger partial charge on any atom is 0.230 e. The molecule has 2 unspecified atom stereocenters. The quantitative estimate of drug-likeness (QED) is 0.699. The second-order valence-corrected chi connectivity index (χ2v) is 7.47. The van der Waals surface area contributed by atoms with Gasteiger partial charge in [0.1, 0.15) is 5.83 Å². The SMILES string of the molecule is C=C(Cl)/C=C\C=C(/F)C1CNC(C)(C)C1C(=O)Nc1cccc(Cl)c1. The molecule has 1 aromatic rings. The van der Waals surface area contributed by atoms with Crippen LogP contribution in [0.4, 0.5) is 10.1 Å². The van der Waals surface area contributed by atoms with E-state index < -0.39 is 17.4 Å². The Hall–Kier alpha value is -1.62.